The van der Waals surface area contributed by atoms with Crippen LogP contribution >= 0.6 is 0 Å². The van der Waals surface area contributed by atoms with E-state index < -0.39 is 10.0 Å². The third-order valence-corrected chi connectivity index (χ3v) is 6.64. The number of hydrogen-bond acceptors (Lipinski definition) is 5. The molecule has 0 bridgehead atoms. The van der Waals surface area contributed by atoms with E-state index in [9.17, 15) is 17.6 Å². The smallest absolute Gasteiger partial charge is 0.271 e. The number of halogens is 1. The predicted molar refractivity (Wildman–Crippen MR) is 102 cm³/mol. The van der Waals surface area contributed by atoms with Gasteiger partial charge in [-0.2, -0.15) is 14.5 Å². The van der Waals surface area contributed by atoms with Gasteiger partial charge in [0.05, 0.1) is 11.9 Å². The van der Waals surface area contributed by atoms with Gasteiger partial charge < -0.3 is 4.90 Å². The predicted octanol–water partition coefficient (Wildman–Crippen LogP) is 1.10. The molecule has 11 heteroatoms. The van der Waals surface area contributed by atoms with Crippen LogP contribution in [-0.4, -0.2) is 69.7 Å². The first-order valence-corrected chi connectivity index (χ1v) is 10.4. The van der Waals surface area contributed by atoms with Crippen LogP contribution in [0.5, 0.6) is 0 Å². The molecule has 2 aromatic heterocycles. The van der Waals surface area contributed by atoms with Crippen LogP contribution in [0.2, 0.25) is 0 Å². The van der Waals surface area contributed by atoms with E-state index in [0.29, 0.717) is 17.0 Å². The summed E-state index contributed by atoms with van der Waals surface area (Å²) in [6.45, 7) is 0.927. The van der Waals surface area contributed by atoms with Crippen LogP contribution in [0, 0.1) is 5.82 Å². The molecule has 1 aliphatic heterocycles. The molecule has 1 aromatic carbocycles. The minimum atomic E-state index is -3.63. The Labute approximate surface area is 166 Å². The minimum Gasteiger partial charge on any atom is -0.335 e. The van der Waals surface area contributed by atoms with Crippen LogP contribution in [0.1, 0.15) is 10.5 Å². The molecule has 29 heavy (non-hydrogen) atoms. The Balaban J connectivity index is 1.42. The number of benzene rings is 1. The van der Waals surface area contributed by atoms with Gasteiger partial charge in [-0.3, -0.25) is 14.6 Å². The monoisotopic (exact) mass is 418 g/mol. The van der Waals surface area contributed by atoms with E-state index in [1.54, 1.807) is 30.1 Å². The van der Waals surface area contributed by atoms with Gasteiger partial charge in [0.1, 0.15) is 16.4 Å². The van der Waals surface area contributed by atoms with E-state index in [1.165, 1.54) is 33.5 Å². The van der Waals surface area contributed by atoms with Gasteiger partial charge in [0.15, 0.2) is 0 Å². The van der Waals surface area contributed by atoms with Gasteiger partial charge in [-0.05, 0) is 30.3 Å². The number of carbonyl (C=O) groups excluding carboxylic acids is 1. The van der Waals surface area contributed by atoms with E-state index in [0.717, 1.165) is 0 Å². The quantitative estimate of drug-likeness (QED) is 0.683. The number of nitrogens with zero attached hydrogens (tertiary/aromatic N) is 5. The normalized spacial score (nSPS) is 15.6. The summed E-state index contributed by atoms with van der Waals surface area (Å²) in [6, 6.07) is 7.43. The maximum absolute atomic E-state index is 13.1. The highest BCUT2D eigenvalue weighted by atomic mass is 32.2. The molecule has 0 radical (unpaired) electrons. The molecule has 0 spiro atoms. The second kappa shape index (κ2) is 7.41. The number of sulfonamides is 1. The molecule has 0 aliphatic carbocycles. The molecular formula is C18H19FN6O3S. The maximum atomic E-state index is 13.1. The lowest BCUT2D eigenvalue weighted by Crippen LogP contribution is -2.50. The van der Waals surface area contributed by atoms with Crippen LogP contribution in [0.25, 0.3) is 11.3 Å². The van der Waals surface area contributed by atoms with Crippen molar-refractivity contribution in [3.63, 3.8) is 0 Å². The van der Waals surface area contributed by atoms with E-state index in [2.05, 4.69) is 15.3 Å². The molecule has 1 saturated heterocycles. The van der Waals surface area contributed by atoms with Gasteiger partial charge in [-0.25, -0.2) is 12.8 Å². The zero-order valence-corrected chi connectivity index (χ0v) is 16.4. The molecule has 4 rings (SSSR count). The van der Waals surface area contributed by atoms with Gasteiger partial charge >= 0.3 is 0 Å². The molecular weight excluding hydrogens is 399 g/mol. The molecule has 152 valence electrons. The highest BCUT2D eigenvalue weighted by molar-refractivity contribution is 7.89. The number of hydrogen-bond donors (Lipinski definition) is 1. The Hall–Kier alpha value is -3.05. The zero-order chi connectivity index (χ0) is 20.6. The molecule has 1 N–H and O–H groups in total. The number of rotatable bonds is 4. The molecule has 1 fully saturated rings. The Morgan fingerprint density at radius 1 is 1.14 bits per heavy atom. The largest absolute Gasteiger partial charge is 0.335 e. The molecule has 0 atom stereocenters. The van der Waals surface area contributed by atoms with Crippen LogP contribution in [-0.2, 0) is 17.1 Å². The van der Waals surface area contributed by atoms with Crippen LogP contribution < -0.4 is 0 Å². The van der Waals surface area contributed by atoms with Crippen molar-refractivity contribution in [3.8, 4) is 11.3 Å². The number of aromatic nitrogens is 4. The lowest BCUT2D eigenvalue weighted by Gasteiger charge is -2.33. The lowest BCUT2D eigenvalue weighted by molar-refractivity contribution is 0.0692. The summed E-state index contributed by atoms with van der Waals surface area (Å²) >= 11 is 0. The first kappa shape index (κ1) is 19.3. The number of piperazine rings is 1. The molecule has 1 amide bonds. The topological polar surface area (TPSA) is 104 Å². The number of H-pyrrole nitrogens is 1. The number of carbonyl (C=O) groups is 1. The molecule has 9 nitrogen and oxygen atoms in total. The van der Waals surface area contributed by atoms with Crippen molar-refractivity contribution in [1.82, 2.24) is 29.2 Å². The lowest BCUT2D eigenvalue weighted by atomic mass is 10.1. The molecule has 0 saturated carbocycles. The van der Waals surface area contributed by atoms with E-state index in [4.69, 9.17) is 0 Å². The fourth-order valence-corrected chi connectivity index (χ4v) is 4.59. The second-order valence-corrected chi connectivity index (χ2v) is 8.66. The third-order valence-electron chi connectivity index (χ3n) is 4.79. The molecule has 3 heterocycles. The maximum Gasteiger partial charge on any atom is 0.271 e. The highest BCUT2D eigenvalue weighted by Gasteiger charge is 2.31. The summed E-state index contributed by atoms with van der Waals surface area (Å²) < 4.78 is 41.2. The Morgan fingerprint density at radius 3 is 2.45 bits per heavy atom. The van der Waals surface area contributed by atoms with Crippen molar-refractivity contribution in [1.29, 1.82) is 0 Å². The molecule has 0 unspecified atom stereocenters. The first-order chi connectivity index (χ1) is 13.8. The van der Waals surface area contributed by atoms with Crippen molar-refractivity contribution >= 4 is 15.9 Å². The second-order valence-electron chi connectivity index (χ2n) is 6.72. The van der Waals surface area contributed by atoms with Crippen molar-refractivity contribution in [3.05, 3.63) is 54.2 Å². The first-order valence-electron chi connectivity index (χ1n) is 8.94. The Morgan fingerprint density at radius 2 is 1.83 bits per heavy atom. The van der Waals surface area contributed by atoms with E-state index in [-0.39, 0.29) is 42.8 Å². The standard InChI is InChI=1S/C18H19FN6O3S/c1-23-12-15(11-20-23)29(27,28)25-8-6-24(7-9-25)18(26)17-10-16(21-22-17)13-2-4-14(19)5-3-13/h2-5,10-12H,6-9H2,1H3,(H,21,22). The number of nitrogens with one attached hydrogen (secondary N) is 1. The van der Waals surface area contributed by atoms with Gasteiger partial charge in [-0.15, -0.1) is 0 Å². The summed E-state index contributed by atoms with van der Waals surface area (Å²) in [5, 5.41) is 10.7. The summed E-state index contributed by atoms with van der Waals surface area (Å²) in [5.41, 5.74) is 1.52. The summed E-state index contributed by atoms with van der Waals surface area (Å²) in [4.78, 5) is 14.5. The van der Waals surface area contributed by atoms with Crippen LogP contribution in [0.3, 0.4) is 0 Å². The van der Waals surface area contributed by atoms with Gasteiger partial charge in [0.25, 0.3) is 5.91 Å². The summed E-state index contributed by atoms with van der Waals surface area (Å²) in [5.74, 6) is -0.607. The van der Waals surface area contributed by atoms with E-state index in [1.807, 2.05) is 0 Å². The Kier molecular flexibility index (Phi) is 4.92. The minimum absolute atomic E-state index is 0.136. The van der Waals surface area contributed by atoms with E-state index >= 15 is 0 Å². The number of aromatic amines is 1. The molecule has 1 aliphatic rings. The van der Waals surface area contributed by atoms with Gasteiger partial charge in [-0.1, -0.05) is 0 Å². The number of aryl methyl sites for hydroxylation is 1. The van der Waals surface area contributed by atoms with Crippen LogP contribution in [0.4, 0.5) is 4.39 Å². The summed E-state index contributed by atoms with van der Waals surface area (Å²) in [7, 11) is -1.98. The third kappa shape index (κ3) is 3.78. The average molecular weight is 418 g/mol. The SMILES string of the molecule is Cn1cc(S(=O)(=O)N2CCN(C(=O)c3cc(-c4ccc(F)cc4)n[nH]3)CC2)cn1. The Bertz CT molecular complexity index is 1130. The van der Waals surface area contributed by atoms with Gasteiger partial charge in [0.2, 0.25) is 10.0 Å². The highest BCUT2D eigenvalue weighted by Crippen LogP contribution is 2.20. The number of amides is 1. The van der Waals surface area contributed by atoms with Crippen LogP contribution in [0.15, 0.2) is 47.6 Å². The fraction of sp³-hybridized carbons (Fsp3) is 0.278. The van der Waals surface area contributed by atoms with Crippen molar-refractivity contribution < 1.29 is 17.6 Å². The summed E-state index contributed by atoms with van der Waals surface area (Å²) in [6.07, 6.45) is 2.77. The molecule has 3 aromatic rings. The van der Waals surface area contributed by atoms with Gasteiger partial charge in [0, 0.05) is 45.0 Å². The fourth-order valence-electron chi connectivity index (χ4n) is 3.18. The van der Waals surface area contributed by atoms with Crippen molar-refractivity contribution in [2.45, 2.75) is 4.90 Å². The van der Waals surface area contributed by atoms with Crippen molar-refractivity contribution in [2.24, 2.45) is 7.05 Å². The average Bonchev–Trinajstić information content (AvgIpc) is 3.38. The van der Waals surface area contributed by atoms with Crippen molar-refractivity contribution in [2.75, 3.05) is 26.2 Å². The zero-order valence-electron chi connectivity index (χ0n) is 15.6.